The summed E-state index contributed by atoms with van der Waals surface area (Å²) in [5.74, 6) is -3.26. The first-order chi connectivity index (χ1) is 14.0. The molecular formula is C21H27F2N3O4. The number of nitrogens with zero attached hydrogens (tertiary/aromatic N) is 2. The topological polar surface area (TPSA) is 79.0 Å². The van der Waals surface area contributed by atoms with Crippen molar-refractivity contribution in [3.63, 3.8) is 0 Å². The summed E-state index contributed by atoms with van der Waals surface area (Å²) in [4.78, 5) is 38.9. The van der Waals surface area contributed by atoms with Crippen molar-refractivity contribution in [2.24, 2.45) is 0 Å². The smallest absolute Gasteiger partial charge is 0.410 e. The van der Waals surface area contributed by atoms with Gasteiger partial charge in [-0.3, -0.25) is 14.9 Å². The Bertz CT molecular complexity index is 869. The monoisotopic (exact) mass is 423 g/mol. The first kappa shape index (κ1) is 22.0. The number of hydrogen-bond donors (Lipinski definition) is 1. The molecule has 2 heterocycles. The van der Waals surface area contributed by atoms with E-state index < -0.39 is 41.1 Å². The van der Waals surface area contributed by atoms with Gasteiger partial charge in [0.15, 0.2) is 0 Å². The van der Waals surface area contributed by atoms with E-state index in [2.05, 4.69) is 5.32 Å². The highest BCUT2D eigenvalue weighted by molar-refractivity contribution is 6.01. The first-order valence-corrected chi connectivity index (χ1v) is 10.0. The van der Waals surface area contributed by atoms with Gasteiger partial charge in [-0.25, -0.2) is 13.6 Å². The van der Waals surface area contributed by atoms with Crippen molar-refractivity contribution in [1.29, 1.82) is 0 Å². The van der Waals surface area contributed by atoms with Crippen LogP contribution in [0, 0.1) is 11.6 Å². The highest BCUT2D eigenvalue weighted by Gasteiger charge is 2.34. The number of benzene rings is 1. The molecule has 0 saturated carbocycles. The molecule has 0 bridgehead atoms. The maximum Gasteiger partial charge on any atom is 0.410 e. The molecular weight excluding hydrogens is 396 g/mol. The molecule has 2 atom stereocenters. The van der Waals surface area contributed by atoms with Crippen LogP contribution in [0.15, 0.2) is 12.1 Å². The summed E-state index contributed by atoms with van der Waals surface area (Å²) in [5, 5.41) is 2.16. The predicted molar refractivity (Wildman–Crippen MR) is 106 cm³/mol. The number of imide groups is 1. The average Bonchev–Trinajstić information content (AvgIpc) is 2.62. The summed E-state index contributed by atoms with van der Waals surface area (Å²) in [6, 6.07) is 1.87. The molecule has 30 heavy (non-hydrogen) atoms. The van der Waals surface area contributed by atoms with Gasteiger partial charge in [0, 0.05) is 43.7 Å². The molecule has 1 aromatic carbocycles. The Morgan fingerprint density at radius 1 is 1.17 bits per heavy atom. The van der Waals surface area contributed by atoms with Gasteiger partial charge in [0.2, 0.25) is 11.8 Å². The Morgan fingerprint density at radius 2 is 1.87 bits per heavy atom. The Labute approximate surface area is 174 Å². The Hall–Kier alpha value is -2.71. The van der Waals surface area contributed by atoms with E-state index in [1.807, 2.05) is 6.92 Å². The number of ether oxygens (including phenoxy) is 1. The molecule has 3 amide bonds. The third-order valence-electron chi connectivity index (χ3n) is 5.27. The van der Waals surface area contributed by atoms with E-state index in [1.165, 1.54) is 0 Å². The van der Waals surface area contributed by atoms with Gasteiger partial charge in [0.25, 0.3) is 0 Å². The Balaban J connectivity index is 1.76. The lowest BCUT2D eigenvalue weighted by Crippen LogP contribution is -2.54. The van der Waals surface area contributed by atoms with Crippen molar-refractivity contribution in [2.45, 2.75) is 58.1 Å². The zero-order valence-corrected chi connectivity index (χ0v) is 17.6. The van der Waals surface area contributed by atoms with Crippen molar-refractivity contribution in [3.05, 3.63) is 29.3 Å². The predicted octanol–water partition coefficient (Wildman–Crippen LogP) is 2.93. The minimum atomic E-state index is -0.896. The van der Waals surface area contributed by atoms with Crippen LogP contribution in [0.3, 0.4) is 0 Å². The largest absolute Gasteiger partial charge is 0.444 e. The third kappa shape index (κ3) is 4.71. The molecule has 2 saturated heterocycles. The SMILES string of the molecule is C[C@H]1CN(C(=O)OC(C)(C)C)CCN1c1cc(F)c(C2CCC(=O)NC2=O)cc1F. The minimum Gasteiger partial charge on any atom is -0.444 e. The maximum atomic E-state index is 14.9. The van der Waals surface area contributed by atoms with Crippen molar-refractivity contribution in [3.8, 4) is 0 Å². The molecule has 0 aliphatic carbocycles. The second kappa shape index (κ2) is 8.20. The molecule has 1 unspecified atom stereocenters. The van der Waals surface area contributed by atoms with Crippen molar-refractivity contribution >= 4 is 23.6 Å². The number of rotatable bonds is 2. The molecule has 3 rings (SSSR count). The highest BCUT2D eigenvalue weighted by Crippen LogP contribution is 2.33. The summed E-state index contributed by atoms with van der Waals surface area (Å²) in [6.45, 7) is 8.11. The van der Waals surface area contributed by atoms with Crippen LogP contribution in [0.25, 0.3) is 0 Å². The van der Waals surface area contributed by atoms with Crippen molar-refractivity contribution in [2.75, 3.05) is 24.5 Å². The van der Waals surface area contributed by atoms with E-state index >= 15 is 0 Å². The summed E-state index contributed by atoms with van der Waals surface area (Å²) in [6.07, 6.45) is -0.206. The van der Waals surface area contributed by atoms with Crippen LogP contribution in [0.5, 0.6) is 0 Å². The van der Waals surface area contributed by atoms with E-state index in [0.717, 1.165) is 12.1 Å². The van der Waals surface area contributed by atoms with Crippen LogP contribution in [0.1, 0.15) is 52.0 Å². The molecule has 0 radical (unpaired) electrons. The molecule has 2 fully saturated rings. The molecule has 164 valence electrons. The number of piperidine rings is 1. The lowest BCUT2D eigenvalue weighted by atomic mass is 9.89. The van der Waals surface area contributed by atoms with Crippen molar-refractivity contribution in [1.82, 2.24) is 10.2 Å². The summed E-state index contributed by atoms with van der Waals surface area (Å²) < 4.78 is 35.1. The third-order valence-corrected chi connectivity index (χ3v) is 5.27. The molecule has 2 aliphatic rings. The zero-order chi connectivity index (χ0) is 22.2. The number of piperazine rings is 1. The summed E-state index contributed by atoms with van der Waals surface area (Å²) >= 11 is 0. The second-order valence-corrected chi connectivity index (χ2v) is 8.80. The van der Waals surface area contributed by atoms with E-state index in [0.29, 0.717) is 19.6 Å². The van der Waals surface area contributed by atoms with Crippen LogP contribution in [-0.2, 0) is 14.3 Å². The standard InChI is InChI=1S/C21H27F2N3O4/c1-12-11-25(20(29)30-21(2,3)4)7-8-26(12)17-10-15(22)14(9-16(17)23)13-5-6-18(27)24-19(13)28/h9-10,12-13H,5-8,11H2,1-4H3,(H,24,27,28)/t12-,13?/m0/s1. The summed E-state index contributed by atoms with van der Waals surface area (Å²) in [5.41, 5.74) is -0.584. The molecule has 1 aromatic rings. The molecule has 1 N–H and O–H groups in total. The maximum absolute atomic E-state index is 14.9. The number of carbonyl (C=O) groups excluding carboxylic acids is 3. The lowest BCUT2D eigenvalue weighted by molar-refractivity contribution is -0.134. The van der Waals surface area contributed by atoms with Crippen LogP contribution in [0.4, 0.5) is 19.3 Å². The van der Waals surface area contributed by atoms with Crippen molar-refractivity contribution < 1.29 is 27.9 Å². The number of hydrogen-bond acceptors (Lipinski definition) is 5. The fraction of sp³-hybridized carbons (Fsp3) is 0.571. The quantitative estimate of drug-likeness (QED) is 0.740. The van der Waals surface area contributed by atoms with Gasteiger partial charge in [0.1, 0.15) is 17.2 Å². The summed E-state index contributed by atoms with van der Waals surface area (Å²) in [7, 11) is 0. The number of carbonyl (C=O) groups is 3. The van der Waals surface area contributed by atoms with Crippen LogP contribution in [-0.4, -0.2) is 54.1 Å². The van der Waals surface area contributed by atoms with E-state index in [-0.39, 0.29) is 30.1 Å². The zero-order valence-electron chi connectivity index (χ0n) is 17.6. The second-order valence-electron chi connectivity index (χ2n) is 8.80. The van der Waals surface area contributed by atoms with Crippen LogP contribution >= 0.6 is 0 Å². The van der Waals surface area contributed by atoms with E-state index in [1.54, 1.807) is 30.6 Å². The number of nitrogens with one attached hydrogen (secondary N) is 1. The first-order valence-electron chi connectivity index (χ1n) is 10.0. The lowest BCUT2D eigenvalue weighted by Gasteiger charge is -2.41. The van der Waals surface area contributed by atoms with Gasteiger partial charge in [-0.05, 0) is 40.2 Å². The molecule has 7 nitrogen and oxygen atoms in total. The molecule has 0 spiro atoms. The Kier molecular flexibility index (Phi) is 6.01. The van der Waals surface area contributed by atoms with Gasteiger partial charge < -0.3 is 14.5 Å². The number of anilines is 1. The molecule has 0 aromatic heterocycles. The van der Waals surface area contributed by atoms with Gasteiger partial charge in [-0.2, -0.15) is 0 Å². The Morgan fingerprint density at radius 3 is 2.47 bits per heavy atom. The van der Waals surface area contributed by atoms with Crippen LogP contribution < -0.4 is 10.2 Å². The fourth-order valence-electron chi connectivity index (χ4n) is 3.84. The molecule has 2 aliphatic heterocycles. The average molecular weight is 423 g/mol. The molecule has 9 heteroatoms. The van der Waals surface area contributed by atoms with Gasteiger partial charge in [-0.15, -0.1) is 0 Å². The van der Waals surface area contributed by atoms with Gasteiger partial charge in [-0.1, -0.05) is 0 Å². The van der Waals surface area contributed by atoms with E-state index in [9.17, 15) is 23.2 Å². The number of halogens is 2. The normalized spacial score (nSPS) is 22.7. The van der Waals surface area contributed by atoms with Gasteiger partial charge >= 0.3 is 6.09 Å². The van der Waals surface area contributed by atoms with Gasteiger partial charge in [0.05, 0.1) is 11.6 Å². The van der Waals surface area contributed by atoms with Crippen LogP contribution in [0.2, 0.25) is 0 Å². The van der Waals surface area contributed by atoms with E-state index in [4.69, 9.17) is 4.74 Å². The fourth-order valence-corrected chi connectivity index (χ4v) is 3.84. The number of amides is 3. The highest BCUT2D eigenvalue weighted by atomic mass is 19.1. The minimum absolute atomic E-state index is 0.0544.